The van der Waals surface area contributed by atoms with Crippen LogP contribution in [-0.4, -0.2) is 22.9 Å². The van der Waals surface area contributed by atoms with E-state index in [1.807, 2.05) is 0 Å². The molecule has 0 aliphatic heterocycles. The fraction of sp³-hybridized carbons (Fsp3) is 0.600. The van der Waals surface area contributed by atoms with Crippen LogP contribution in [-0.2, 0) is 0 Å². The zero-order valence-corrected chi connectivity index (χ0v) is 10.3. The van der Waals surface area contributed by atoms with Gasteiger partial charge in [-0.15, -0.1) is 0 Å². The monoisotopic (exact) mass is 274 g/mol. The second kappa shape index (κ2) is 6.61. The van der Waals surface area contributed by atoms with Crippen molar-refractivity contribution in [2.45, 2.75) is 19.8 Å². The summed E-state index contributed by atoms with van der Waals surface area (Å²) < 4.78 is 4.60. The van der Waals surface area contributed by atoms with Crippen molar-refractivity contribution in [3.8, 4) is 0 Å². The summed E-state index contributed by atoms with van der Waals surface area (Å²) in [6.07, 6.45) is 3.52. The van der Waals surface area contributed by atoms with E-state index in [0.717, 1.165) is 18.2 Å². The number of nitrogens with one attached hydrogen (secondary N) is 1. The first kappa shape index (κ1) is 12.2. The number of hydrogen-bond donors (Lipinski definition) is 1. The van der Waals surface area contributed by atoms with E-state index in [2.05, 4.69) is 37.9 Å². The molecule has 0 spiro atoms. The zero-order chi connectivity index (χ0) is 11.1. The third-order valence-electron chi connectivity index (χ3n) is 2.32. The van der Waals surface area contributed by atoms with Crippen LogP contribution in [0.5, 0.6) is 0 Å². The standard InChI is InChI=1S/C10H15BrN2O2/c1-2-8(3-5-11)7-12-10(14)9-4-6-15-13-9/h4,6,8H,2-3,5,7H2,1H3,(H,12,14). The Kier molecular flexibility index (Phi) is 5.39. The first-order valence-electron chi connectivity index (χ1n) is 5.02. The van der Waals surface area contributed by atoms with E-state index in [-0.39, 0.29) is 5.91 Å². The maximum absolute atomic E-state index is 11.5. The molecule has 1 aromatic rings. The molecule has 0 radical (unpaired) electrons. The van der Waals surface area contributed by atoms with Crippen LogP contribution < -0.4 is 5.32 Å². The Morgan fingerprint density at radius 2 is 2.53 bits per heavy atom. The topological polar surface area (TPSA) is 55.1 Å². The molecule has 84 valence electrons. The first-order valence-corrected chi connectivity index (χ1v) is 6.14. The van der Waals surface area contributed by atoms with Crippen LogP contribution in [0.3, 0.4) is 0 Å². The van der Waals surface area contributed by atoms with E-state index in [1.165, 1.54) is 6.26 Å². The molecule has 0 bridgehead atoms. The second-order valence-electron chi connectivity index (χ2n) is 3.35. The van der Waals surface area contributed by atoms with Crippen LogP contribution in [0.4, 0.5) is 0 Å². The normalized spacial score (nSPS) is 12.4. The molecule has 1 atom stereocenters. The van der Waals surface area contributed by atoms with Gasteiger partial charge in [-0.3, -0.25) is 4.79 Å². The molecule has 0 aliphatic rings. The molecule has 1 amide bonds. The van der Waals surface area contributed by atoms with Crippen molar-refractivity contribution in [3.63, 3.8) is 0 Å². The number of aromatic nitrogens is 1. The van der Waals surface area contributed by atoms with Crippen LogP contribution in [0.1, 0.15) is 30.3 Å². The molecule has 0 saturated carbocycles. The lowest BCUT2D eigenvalue weighted by atomic mass is 10.0. The van der Waals surface area contributed by atoms with E-state index in [9.17, 15) is 4.79 Å². The molecule has 1 aromatic heterocycles. The average molecular weight is 275 g/mol. The van der Waals surface area contributed by atoms with Crippen molar-refractivity contribution < 1.29 is 9.32 Å². The Bertz CT molecular complexity index is 288. The average Bonchev–Trinajstić information content (AvgIpc) is 2.77. The van der Waals surface area contributed by atoms with E-state index < -0.39 is 0 Å². The van der Waals surface area contributed by atoms with Crippen molar-refractivity contribution in [1.82, 2.24) is 10.5 Å². The minimum absolute atomic E-state index is 0.170. The van der Waals surface area contributed by atoms with Crippen LogP contribution >= 0.6 is 15.9 Å². The summed E-state index contributed by atoms with van der Waals surface area (Å²) in [5.41, 5.74) is 0.337. The molecule has 15 heavy (non-hydrogen) atoms. The predicted octanol–water partition coefficient (Wildman–Crippen LogP) is 2.22. The Balaban J connectivity index is 2.33. The van der Waals surface area contributed by atoms with Crippen LogP contribution in [0.2, 0.25) is 0 Å². The van der Waals surface area contributed by atoms with Crippen LogP contribution in [0.15, 0.2) is 16.9 Å². The summed E-state index contributed by atoms with van der Waals surface area (Å²) in [7, 11) is 0. The molecule has 0 aromatic carbocycles. The summed E-state index contributed by atoms with van der Waals surface area (Å²) >= 11 is 3.40. The van der Waals surface area contributed by atoms with Gasteiger partial charge in [0.2, 0.25) is 0 Å². The van der Waals surface area contributed by atoms with Gasteiger partial charge >= 0.3 is 0 Å². The molecule has 1 rings (SSSR count). The van der Waals surface area contributed by atoms with Gasteiger partial charge < -0.3 is 9.84 Å². The smallest absolute Gasteiger partial charge is 0.273 e. The van der Waals surface area contributed by atoms with Gasteiger partial charge in [0.05, 0.1) is 0 Å². The Morgan fingerprint density at radius 3 is 3.07 bits per heavy atom. The summed E-state index contributed by atoms with van der Waals surface area (Å²) in [6.45, 7) is 2.81. The number of amides is 1. The van der Waals surface area contributed by atoms with Crippen molar-refractivity contribution in [2.24, 2.45) is 5.92 Å². The molecule has 0 fully saturated rings. The maximum atomic E-state index is 11.5. The zero-order valence-electron chi connectivity index (χ0n) is 8.70. The molecular formula is C10H15BrN2O2. The molecule has 1 unspecified atom stereocenters. The molecule has 5 heteroatoms. The molecule has 0 aliphatic carbocycles. The number of hydrogen-bond acceptors (Lipinski definition) is 3. The first-order chi connectivity index (χ1) is 7.27. The highest BCUT2D eigenvalue weighted by molar-refractivity contribution is 9.09. The summed E-state index contributed by atoms with van der Waals surface area (Å²) in [6, 6.07) is 1.56. The van der Waals surface area contributed by atoms with Gasteiger partial charge in [0.15, 0.2) is 5.69 Å². The lowest BCUT2D eigenvalue weighted by molar-refractivity contribution is 0.0937. The molecule has 0 saturated heterocycles. The highest BCUT2D eigenvalue weighted by Gasteiger charge is 2.11. The maximum Gasteiger partial charge on any atom is 0.273 e. The van der Waals surface area contributed by atoms with Crippen molar-refractivity contribution in [1.29, 1.82) is 0 Å². The van der Waals surface area contributed by atoms with Gasteiger partial charge in [-0.25, -0.2) is 0 Å². The Hall–Kier alpha value is -0.840. The number of nitrogens with zero attached hydrogens (tertiary/aromatic N) is 1. The van der Waals surface area contributed by atoms with Crippen LogP contribution in [0.25, 0.3) is 0 Å². The Labute approximate surface area is 97.5 Å². The van der Waals surface area contributed by atoms with Gasteiger partial charge in [-0.1, -0.05) is 34.4 Å². The van der Waals surface area contributed by atoms with Gasteiger partial charge in [0.25, 0.3) is 5.91 Å². The highest BCUT2D eigenvalue weighted by atomic mass is 79.9. The van der Waals surface area contributed by atoms with Gasteiger partial charge in [-0.2, -0.15) is 0 Å². The second-order valence-corrected chi connectivity index (χ2v) is 4.14. The summed E-state index contributed by atoms with van der Waals surface area (Å²) in [4.78, 5) is 11.5. The van der Waals surface area contributed by atoms with E-state index in [1.54, 1.807) is 6.07 Å². The summed E-state index contributed by atoms with van der Waals surface area (Å²) in [5, 5.41) is 7.37. The minimum atomic E-state index is -0.170. The van der Waals surface area contributed by atoms with Gasteiger partial charge in [0.1, 0.15) is 6.26 Å². The lowest BCUT2D eigenvalue weighted by Crippen LogP contribution is -2.29. The van der Waals surface area contributed by atoms with E-state index in [0.29, 0.717) is 18.2 Å². The predicted molar refractivity (Wildman–Crippen MR) is 61.0 cm³/mol. The third-order valence-corrected chi connectivity index (χ3v) is 2.77. The van der Waals surface area contributed by atoms with Gasteiger partial charge in [0, 0.05) is 17.9 Å². The fourth-order valence-corrected chi connectivity index (χ4v) is 1.91. The SMILES string of the molecule is CCC(CCBr)CNC(=O)c1ccon1. The van der Waals surface area contributed by atoms with Crippen molar-refractivity contribution in [2.75, 3.05) is 11.9 Å². The number of alkyl halides is 1. The molecule has 1 heterocycles. The number of rotatable bonds is 6. The molecule has 4 nitrogen and oxygen atoms in total. The van der Waals surface area contributed by atoms with Crippen LogP contribution in [0, 0.1) is 5.92 Å². The van der Waals surface area contributed by atoms with E-state index in [4.69, 9.17) is 0 Å². The fourth-order valence-electron chi connectivity index (χ4n) is 1.26. The highest BCUT2D eigenvalue weighted by Crippen LogP contribution is 2.08. The van der Waals surface area contributed by atoms with Gasteiger partial charge in [-0.05, 0) is 12.3 Å². The summed E-state index contributed by atoms with van der Waals surface area (Å²) in [5.74, 6) is 0.344. The third kappa shape index (κ3) is 4.03. The lowest BCUT2D eigenvalue weighted by Gasteiger charge is -2.13. The number of carbonyl (C=O) groups is 1. The van der Waals surface area contributed by atoms with E-state index >= 15 is 0 Å². The largest absolute Gasteiger partial charge is 0.364 e. The number of halogens is 1. The molecule has 1 N–H and O–H groups in total. The Morgan fingerprint density at radius 1 is 1.73 bits per heavy atom. The minimum Gasteiger partial charge on any atom is -0.364 e. The quantitative estimate of drug-likeness (QED) is 0.810. The molecular weight excluding hydrogens is 260 g/mol. The van der Waals surface area contributed by atoms with Crippen molar-refractivity contribution in [3.05, 3.63) is 18.0 Å². The number of carbonyl (C=O) groups excluding carboxylic acids is 1. The van der Waals surface area contributed by atoms with Crippen molar-refractivity contribution >= 4 is 21.8 Å².